The lowest BCUT2D eigenvalue weighted by molar-refractivity contribution is -0.132. The number of Topliss-reactive ketones (excluding diaryl/α,β-unsaturated/α-hetero) is 1. The van der Waals surface area contributed by atoms with E-state index in [1.165, 1.54) is 5.06 Å². The second-order valence-corrected chi connectivity index (χ2v) is 2.80. The minimum Gasteiger partial charge on any atom is -0.313 e. The Labute approximate surface area is 53.2 Å². The van der Waals surface area contributed by atoms with Gasteiger partial charge in [-0.15, -0.1) is 0 Å². The summed E-state index contributed by atoms with van der Waals surface area (Å²) in [6, 6.07) is 0.0116. The molecule has 2 unspecified atom stereocenters. The maximum absolute atomic E-state index is 10.8. The summed E-state index contributed by atoms with van der Waals surface area (Å²) in [6.07, 6.45) is 2.42. The Morgan fingerprint density at radius 1 is 1.56 bits per heavy atom. The highest BCUT2D eigenvalue weighted by Gasteiger charge is 2.44. The SMILES string of the molecule is O=C1CC2CCC1N2O. The highest BCUT2D eigenvalue weighted by molar-refractivity contribution is 5.87. The third-order valence-electron chi connectivity index (χ3n) is 2.28. The monoisotopic (exact) mass is 127 g/mol. The molecule has 0 aromatic rings. The number of hydrogen-bond acceptors (Lipinski definition) is 3. The summed E-state index contributed by atoms with van der Waals surface area (Å²) in [5.74, 6) is 0.216. The van der Waals surface area contributed by atoms with Gasteiger partial charge in [0.15, 0.2) is 5.78 Å². The smallest absolute Gasteiger partial charge is 0.154 e. The van der Waals surface area contributed by atoms with Crippen LogP contribution in [-0.4, -0.2) is 28.1 Å². The van der Waals surface area contributed by atoms with Crippen LogP contribution in [0.15, 0.2) is 0 Å². The van der Waals surface area contributed by atoms with Crippen molar-refractivity contribution in [2.45, 2.75) is 31.3 Å². The zero-order valence-corrected chi connectivity index (χ0v) is 5.08. The summed E-state index contributed by atoms with van der Waals surface area (Å²) in [7, 11) is 0. The van der Waals surface area contributed by atoms with Crippen LogP contribution in [0.1, 0.15) is 19.3 Å². The third-order valence-corrected chi connectivity index (χ3v) is 2.28. The van der Waals surface area contributed by atoms with E-state index < -0.39 is 0 Å². The van der Waals surface area contributed by atoms with Crippen molar-refractivity contribution < 1.29 is 10.0 Å². The Morgan fingerprint density at radius 2 is 2.33 bits per heavy atom. The molecule has 9 heavy (non-hydrogen) atoms. The minimum atomic E-state index is -0.144. The van der Waals surface area contributed by atoms with Gasteiger partial charge in [0, 0.05) is 12.5 Å². The van der Waals surface area contributed by atoms with E-state index in [1.54, 1.807) is 0 Å². The van der Waals surface area contributed by atoms with Crippen LogP contribution in [0, 0.1) is 0 Å². The summed E-state index contributed by atoms with van der Waals surface area (Å²) in [6.45, 7) is 0. The molecule has 2 fully saturated rings. The van der Waals surface area contributed by atoms with Gasteiger partial charge in [-0.25, -0.2) is 0 Å². The van der Waals surface area contributed by atoms with Gasteiger partial charge in [0.25, 0.3) is 0 Å². The average molecular weight is 127 g/mol. The van der Waals surface area contributed by atoms with Crippen molar-refractivity contribution in [3.63, 3.8) is 0 Å². The van der Waals surface area contributed by atoms with Crippen LogP contribution in [0.5, 0.6) is 0 Å². The predicted molar refractivity (Wildman–Crippen MR) is 30.1 cm³/mol. The first-order valence-electron chi connectivity index (χ1n) is 3.29. The molecule has 2 aliphatic rings. The molecule has 2 aliphatic heterocycles. The van der Waals surface area contributed by atoms with Crippen molar-refractivity contribution in [1.82, 2.24) is 5.06 Å². The van der Waals surface area contributed by atoms with Gasteiger partial charge in [-0.05, 0) is 12.8 Å². The first-order chi connectivity index (χ1) is 4.29. The van der Waals surface area contributed by atoms with Crippen molar-refractivity contribution in [2.24, 2.45) is 0 Å². The van der Waals surface area contributed by atoms with Gasteiger partial charge in [0.05, 0.1) is 6.04 Å². The molecule has 0 spiro atoms. The lowest BCUT2D eigenvalue weighted by Crippen LogP contribution is -2.26. The van der Waals surface area contributed by atoms with Crippen LogP contribution in [0.3, 0.4) is 0 Å². The fraction of sp³-hybridized carbons (Fsp3) is 0.833. The van der Waals surface area contributed by atoms with Crippen molar-refractivity contribution in [2.75, 3.05) is 0 Å². The Kier molecular flexibility index (Phi) is 0.926. The molecule has 2 atom stereocenters. The second-order valence-electron chi connectivity index (χ2n) is 2.80. The van der Waals surface area contributed by atoms with Crippen LogP contribution < -0.4 is 0 Å². The van der Waals surface area contributed by atoms with E-state index in [1.807, 2.05) is 0 Å². The molecule has 2 heterocycles. The Bertz CT molecular complexity index is 157. The van der Waals surface area contributed by atoms with E-state index in [0.29, 0.717) is 6.42 Å². The highest BCUT2D eigenvalue weighted by atomic mass is 16.5. The summed E-state index contributed by atoms with van der Waals surface area (Å²) < 4.78 is 0. The summed E-state index contributed by atoms with van der Waals surface area (Å²) in [5, 5.41) is 10.3. The zero-order chi connectivity index (χ0) is 6.43. The molecule has 0 radical (unpaired) electrons. The topological polar surface area (TPSA) is 40.5 Å². The van der Waals surface area contributed by atoms with Crippen molar-refractivity contribution in [3.8, 4) is 0 Å². The number of carbonyl (C=O) groups excluding carboxylic acids is 1. The molecular formula is C6H9NO2. The Hall–Kier alpha value is -0.410. The minimum absolute atomic E-state index is 0.144. The molecule has 0 aromatic heterocycles. The first-order valence-corrected chi connectivity index (χ1v) is 3.29. The second kappa shape index (κ2) is 1.55. The van der Waals surface area contributed by atoms with E-state index in [-0.39, 0.29) is 17.9 Å². The molecule has 0 aliphatic carbocycles. The number of hydroxylamine groups is 2. The molecule has 0 aromatic carbocycles. The number of carbonyl (C=O) groups is 1. The molecule has 50 valence electrons. The Balaban J connectivity index is 2.26. The van der Waals surface area contributed by atoms with Crippen molar-refractivity contribution in [1.29, 1.82) is 0 Å². The van der Waals surface area contributed by atoms with Gasteiger partial charge < -0.3 is 5.21 Å². The van der Waals surface area contributed by atoms with Crippen LogP contribution in [-0.2, 0) is 4.79 Å². The van der Waals surface area contributed by atoms with Crippen molar-refractivity contribution in [3.05, 3.63) is 0 Å². The van der Waals surface area contributed by atoms with E-state index >= 15 is 0 Å². The largest absolute Gasteiger partial charge is 0.313 e. The van der Waals surface area contributed by atoms with Gasteiger partial charge in [0.2, 0.25) is 0 Å². The van der Waals surface area contributed by atoms with Crippen LogP contribution >= 0.6 is 0 Å². The van der Waals surface area contributed by atoms with Crippen LogP contribution in [0.2, 0.25) is 0 Å². The molecule has 0 saturated carbocycles. The van der Waals surface area contributed by atoms with Crippen LogP contribution in [0.4, 0.5) is 0 Å². The molecule has 3 nitrogen and oxygen atoms in total. The van der Waals surface area contributed by atoms with Crippen LogP contribution in [0.25, 0.3) is 0 Å². The molecule has 3 heteroatoms. The normalized spacial score (nSPS) is 42.6. The quantitative estimate of drug-likeness (QED) is 0.504. The molecule has 2 saturated heterocycles. The molecule has 1 N–H and O–H groups in total. The van der Waals surface area contributed by atoms with Gasteiger partial charge in [-0.1, -0.05) is 0 Å². The Morgan fingerprint density at radius 3 is 2.56 bits per heavy atom. The average Bonchev–Trinajstić information content (AvgIpc) is 2.25. The fourth-order valence-electron chi connectivity index (χ4n) is 1.74. The van der Waals surface area contributed by atoms with Gasteiger partial charge >= 0.3 is 0 Å². The lowest BCUT2D eigenvalue weighted by atomic mass is 10.00. The van der Waals surface area contributed by atoms with Gasteiger partial charge in [-0.3, -0.25) is 4.79 Å². The molecule has 2 rings (SSSR count). The first kappa shape index (κ1) is 5.38. The highest BCUT2D eigenvalue weighted by Crippen LogP contribution is 2.32. The standard InChI is InChI=1S/C6H9NO2/c8-6-3-4-1-2-5(6)7(4)9/h4-5,9H,1-3H2. The maximum Gasteiger partial charge on any atom is 0.154 e. The van der Waals surface area contributed by atoms with Gasteiger partial charge in [-0.2, -0.15) is 5.06 Å². The fourth-order valence-corrected chi connectivity index (χ4v) is 1.74. The molecular weight excluding hydrogens is 118 g/mol. The molecule has 2 bridgehead atoms. The van der Waals surface area contributed by atoms with Gasteiger partial charge in [0.1, 0.15) is 0 Å². The number of nitrogens with zero attached hydrogens (tertiary/aromatic N) is 1. The number of fused-ring (bicyclic) bond motifs is 2. The van der Waals surface area contributed by atoms with Crippen molar-refractivity contribution >= 4 is 5.78 Å². The van der Waals surface area contributed by atoms with E-state index in [4.69, 9.17) is 5.21 Å². The predicted octanol–water partition coefficient (Wildman–Crippen LogP) is 0.181. The number of ketones is 1. The summed E-state index contributed by atoms with van der Waals surface area (Å²) in [4.78, 5) is 10.8. The van der Waals surface area contributed by atoms with E-state index in [9.17, 15) is 4.79 Å². The lowest BCUT2D eigenvalue weighted by Gasteiger charge is -2.08. The third kappa shape index (κ3) is 0.559. The maximum atomic E-state index is 10.8. The zero-order valence-electron chi connectivity index (χ0n) is 5.08. The van der Waals surface area contributed by atoms with E-state index in [0.717, 1.165) is 12.8 Å². The number of hydrogen-bond donors (Lipinski definition) is 1. The summed E-state index contributed by atoms with van der Waals surface area (Å²) in [5.41, 5.74) is 0. The molecule has 0 amide bonds. The number of rotatable bonds is 0. The summed E-state index contributed by atoms with van der Waals surface area (Å²) >= 11 is 0. The van der Waals surface area contributed by atoms with E-state index in [2.05, 4.69) is 0 Å².